The lowest BCUT2D eigenvalue weighted by Crippen LogP contribution is -2.16. The number of rotatable bonds is 3. The number of aliphatic hydroxyl groups excluding tert-OH is 1. The molecule has 0 unspecified atom stereocenters. The van der Waals surface area contributed by atoms with Gasteiger partial charge in [0, 0.05) is 43.2 Å². The summed E-state index contributed by atoms with van der Waals surface area (Å²) in [5.74, 6) is 0.994. The second-order valence-corrected chi connectivity index (χ2v) is 6.43. The van der Waals surface area contributed by atoms with E-state index in [1.807, 2.05) is 6.07 Å². The Morgan fingerprint density at radius 3 is 2.42 bits per heavy atom. The van der Waals surface area contributed by atoms with Gasteiger partial charge in [-0.1, -0.05) is 0 Å². The van der Waals surface area contributed by atoms with Gasteiger partial charge in [0.2, 0.25) is 0 Å². The molecule has 7 heteroatoms. The summed E-state index contributed by atoms with van der Waals surface area (Å²) >= 11 is 0. The zero-order valence-electron chi connectivity index (χ0n) is 13.4. The summed E-state index contributed by atoms with van der Waals surface area (Å²) in [6.45, 7) is 0.236. The van der Waals surface area contributed by atoms with Gasteiger partial charge in [0.15, 0.2) is 5.69 Å². The minimum absolute atomic E-state index is 0.236. The number of aromatic nitrogens is 3. The average Bonchev–Trinajstić information content (AvgIpc) is 2.97. The minimum Gasteiger partial charge on any atom is -0.396 e. The average molecular weight is 339 g/mol. The molecule has 1 aliphatic rings. The lowest BCUT2D eigenvalue weighted by molar-refractivity contribution is -0.140. The molecule has 4 nitrogen and oxygen atoms in total. The van der Waals surface area contributed by atoms with Gasteiger partial charge < -0.3 is 9.67 Å². The van der Waals surface area contributed by atoms with E-state index in [1.54, 1.807) is 19.3 Å². The molecule has 130 valence electrons. The van der Waals surface area contributed by atoms with Crippen LogP contribution in [0.5, 0.6) is 0 Å². The van der Waals surface area contributed by atoms with Crippen LogP contribution in [0.2, 0.25) is 0 Å². The van der Waals surface area contributed by atoms with Crippen molar-refractivity contribution in [3.63, 3.8) is 0 Å². The highest BCUT2D eigenvalue weighted by molar-refractivity contribution is 5.55. The molecule has 0 saturated heterocycles. The lowest BCUT2D eigenvalue weighted by atomic mass is 9.80. The molecular weight excluding hydrogens is 319 g/mol. The summed E-state index contributed by atoms with van der Waals surface area (Å²) in [4.78, 5) is 8.13. The van der Waals surface area contributed by atoms with Crippen molar-refractivity contribution < 1.29 is 18.3 Å². The van der Waals surface area contributed by atoms with E-state index in [-0.39, 0.29) is 12.4 Å². The number of hydrogen-bond donors (Lipinski definition) is 1. The summed E-state index contributed by atoms with van der Waals surface area (Å²) in [5, 5.41) is 9.19. The van der Waals surface area contributed by atoms with Gasteiger partial charge >= 0.3 is 6.18 Å². The van der Waals surface area contributed by atoms with Crippen molar-refractivity contribution in [2.24, 2.45) is 13.0 Å². The van der Waals surface area contributed by atoms with Crippen LogP contribution >= 0.6 is 0 Å². The number of pyridine rings is 1. The first-order chi connectivity index (χ1) is 11.4. The van der Waals surface area contributed by atoms with Crippen LogP contribution in [0, 0.1) is 5.92 Å². The maximum absolute atomic E-state index is 12.8. The van der Waals surface area contributed by atoms with E-state index >= 15 is 0 Å². The minimum atomic E-state index is -4.45. The Hall–Kier alpha value is -1.89. The highest BCUT2D eigenvalue weighted by Crippen LogP contribution is 2.35. The summed E-state index contributed by atoms with van der Waals surface area (Å²) in [5.41, 5.74) is 0.632. The van der Waals surface area contributed by atoms with Crippen molar-refractivity contribution in [3.8, 4) is 11.4 Å². The number of nitrogens with zero attached hydrogens (tertiary/aromatic N) is 3. The Morgan fingerprint density at radius 2 is 1.92 bits per heavy atom. The lowest BCUT2D eigenvalue weighted by Gasteiger charge is -2.26. The summed E-state index contributed by atoms with van der Waals surface area (Å²) in [7, 11) is 1.54. The number of hydrogen-bond acceptors (Lipinski definition) is 3. The zero-order valence-corrected chi connectivity index (χ0v) is 13.4. The van der Waals surface area contributed by atoms with Crippen LogP contribution in [0.3, 0.4) is 0 Å². The molecule has 2 heterocycles. The number of aliphatic hydroxyl groups is 1. The molecule has 0 bridgehead atoms. The summed E-state index contributed by atoms with van der Waals surface area (Å²) < 4.78 is 39.6. The van der Waals surface area contributed by atoms with E-state index in [0.29, 0.717) is 17.4 Å². The first kappa shape index (κ1) is 17.0. The van der Waals surface area contributed by atoms with Crippen LogP contribution in [0.1, 0.15) is 43.0 Å². The maximum atomic E-state index is 12.8. The molecule has 1 saturated carbocycles. The SMILES string of the molecule is Cn1cc(C(F)(F)F)nc1-c1ccc(C2CCC(CO)CC2)nc1. The molecule has 2 aromatic heterocycles. The molecule has 0 amide bonds. The number of aryl methyl sites for hydroxylation is 1. The van der Waals surface area contributed by atoms with Gasteiger partial charge in [0.1, 0.15) is 5.82 Å². The van der Waals surface area contributed by atoms with E-state index in [2.05, 4.69) is 9.97 Å². The fourth-order valence-electron chi connectivity index (χ4n) is 3.29. The zero-order chi connectivity index (χ0) is 17.3. The second-order valence-electron chi connectivity index (χ2n) is 6.43. The predicted octanol–water partition coefficient (Wildman–Crippen LogP) is 3.77. The number of halogens is 3. The smallest absolute Gasteiger partial charge is 0.396 e. The van der Waals surface area contributed by atoms with E-state index in [4.69, 9.17) is 0 Å². The molecular formula is C17H20F3N3O. The van der Waals surface area contributed by atoms with Crippen molar-refractivity contribution in [2.75, 3.05) is 6.61 Å². The van der Waals surface area contributed by atoms with Crippen molar-refractivity contribution in [3.05, 3.63) is 35.9 Å². The van der Waals surface area contributed by atoms with Crippen LogP contribution in [0.25, 0.3) is 11.4 Å². The third-order valence-electron chi connectivity index (χ3n) is 4.73. The number of alkyl halides is 3. The molecule has 0 spiro atoms. The Labute approximate surface area is 138 Å². The van der Waals surface area contributed by atoms with Gasteiger partial charge in [-0.15, -0.1) is 0 Å². The third-order valence-corrected chi connectivity index (χ3v) is 4.73. The van der Waals surface area contributed by atoms with Gasteiger partial charge in [0.25, 0.3) is 0 Å². The molecule has 1 N–H and O–H groups in total. The van der Waals surface area contributed by atoms with Crippen LogP contribution in [-0.2, 0) is 13.2 Å². The Balaban J connectivity index is 1.77. The monoisotopic (exact) mass is 339 g/mol. The van der Waals surface area contributed by atoms with Crippen LogP contribution in [-0.4, -0.2) is 26.2 Å². The fourth-order valence-corrected chi connectivity index (χ4v) is 3.29. The van der Waals surface area contributed by atoms with E-state index < -0.39 is 11.9 Å². The van der Waals surface area contributed by atoms with Crippen molar-refractivity contribution in [1.29, 1.82) is 0 Å². The van der Waals surface area contributed by atoms with Gasteiger partial charge in [-0.3, -0.25) is 4.98 Å². The summed E-state index contributed by atoms with van der Waals surface area (Å²) in [6.07, 6.45) is 2.07. The van der Waals surface area contributed by atoms with Gasteiger partial charge in [-0.05, 0) is 43.7 Å². The van der Waals surface area contributed by atoms with Crippen LogP contribution in [0.4, 0.5) is 13.2 Å². The predicted molar refractivity (Wildman–Crippen MR) is 83.2 cm³/mol. The van der Waals surface area contributed by atoms with Crippen molar-refractivity contribution in [2.45, 2.75) is 37.8 Å². The number of imidazole rings is 1. The normalized spacial score (nSPS) is 21.9. The van der Waals surface area contributed by atoms with Gasteiger partial charge in [-0.2, -0.15) is 13.2 Å². The standard InChI is InChI=1S/C17H20F3N3O/c1-23-9-15(17(18,19)20)22-16(23)13-6-7-14(21-8-13)12-4-2-11(10-24)3-5-12/h6-9,11-12,24H,2-5,10H2,1H3. The summed E-state index contributed by atoms with van der Waals surface area (Å²) in [6, 6.07) is 3.66. The maximum Gasteiger partial charge on any atom is 0.434 e. The largest absolute Gasteiger partial charge is 0.434 e. The Kier molecular flexibility index (Phi) is 4.62. The van der Waals surface area contributed by atoms with Crippen molar-refractivity contribution >= 4 is 0 Å². The van der Waals surface area contributed by atoms with Crippen LogP contribution < -0.4 is 0 Å². The molecule has 24 heavy (non-hydrogen) atoms. The van der Waals surface area contributed by atoms with E-state index in [9.17, 15) is 18.3 Å². The highest BCUT2D eigenvalue weighted by atomic mass is 19.4. The molecule has 2 aromatic rings. The quantitative estimate of drug-likeness (QED) is 0.926. The highest BCUT2D eigenvalue weighted by Gasteiger charge is 2.34. The third kappa shape index (κ3) is 3.45. The topological polar surface area (TPSA) is 50.9 Å². The molecule has 3 rings (SSSR count). The first-order valence-electron chi connectivity index (χ1n) is 8.06. The van der Waals surface area contributed by atoms with Gasteiger partial charge in [-0.25, -0.2) is 4.98 Å². The molecule has 1 aliphatic carbocycles. The Morgan fingerprint density at radius 1 is 1.21 bits per heavy atom. The van der Waals surface area contributed by atoms with Crippen LogP contribution in [0.15, 0.2) is 24.5 Å². The molecule has 1 fully saturated rings. The fraction of sp³-hybridized carbons (Fsp3) is 0.529. The molecule has 0 aromatic carbocycles. The molecule has 0 radical (unpaired) electrons. The van der Waals surface area contributed by atoms with Gasteiger partial charge in [0.05, 0.1) is 0 Å². The Bertz CT molecular complexity index is 686. The van der Waals surface area contributed by atoms with E-state index in [1.165, 1.54) is 4.57 Å². The molecule has 0 atom stereocenters. The molecule has 0 aliphatic heterocycles. The van der Waals surface area contributed by atoms with Crippen molar-refractivity contribution in [1.82, 2.24) is 14.5 Å². The van der Waals surface area contributed by atoms with E-state index in [0.717, 1.165) is 37.6 Å². The second kappa shape index (κ2) is 6.55. The first-order valence-corrected chi connectivity index (χ1v) is 8.06.